The number of nitrogens with zero attached hydrogens (tertiary/aromatic N) is 2. The van der Waals surface area contributed by atoms with E-state index in [1.807, 2.05) is 31.2 Å². The predicted octanol–water partition coefficient (Wildman–Crippen LogP) is 1.40. The van der Waals surface area contributed by atoms with Crippen molar-refractivity contribution in [3.05, 3.63) is 35.9 Å². The number of hydrogen-bond acceptors (Lipinski definition) is 6. The Hall–Kier alpha value is -2.34. The van der Waals surface area contributed by atoms with Crippen molar-refractivity contribution < 1.29 is 0 Å². The fourth-order valence-corrected chi connectivity index (χ4v) is 1.45. The van der Waals surface area contributed by atoms with Gasteiger partial charge in [0.25, 0.3) is 0 Å². The van der Waals surface area contributed by atoms with Gasteiger partial charge in [0.1, 0.15) is 11.6 Å². The Labute approximate surface area is 99.0 Å². The van der Waals surface area contributed by atoms with Crippen LogP contribution in [-0.4, -0.2) is 9.97 Å². The number of nitrogen functional groups attached to an aromatic ring is 2. The van der Waals surface area contributed by atoms with Crippen molar-refractivity contribution in [2.45, 2.75) is 6.92 Å². The van der Waals surface area contributed by atoms with Gasteiger partial charge < -0.3 is 16.5 Å². The zero-order valence-corrected chi connectivity index (χ0v) is 9.44. The first-order chi connectivity index (χ1) is 8.19. The second-order valence-corrected chi connectivity index (χ2v) is 3.58. The average molecular weight is 230 g/mol. The number of aromatic nitrogens is 2. The van der Waals surface area contributed by atoms with Crippen molar-refractivity contribution in [2.75, 3.05) is 16.5 Å². The summed E-state index contributed by atoms with van der Waals surface area (Å²) in [5, 5.41) is 3.16. The van der Waals surface area contributed by atoms with Gasteiger partial charge in [-0.25, -0.2) is 5.84 Å². The van der Waals surface area contributed by atoms with Gasteiger partial charge in [0.15, 0.2) is 0 Å². The summed E-state index contributed by atoms with van der Waals surface area (Å²) in [4.78, 5) is 7.99. The van der Waals surface area contributed by atoms with Crippen LogP contribution >= 0.6 is 0 Å². The number of aryl methyl sites for hydroxylation is 1. The Bertz CT molecular complexity index is 525. The van der Waals surface area contributed by atoms with Gasteiger partial charge in [-0.15, -0.1) is 0 Å². The summed E-state index contributed by atoms with van der Waals surface area (Å²) in [6, 6.07) is 9.57. The molecule has 0 saturated carbocycles. The van der Waals surface area contributed by atoms with Crippen LogP contribution in [0.4, 0.5) is 23.3 Å². The van der Waals surface area contributed by atoms with E-state index >= 15 is 0 Å². The lowest BCUT2D eigenvalue weighted by Crippen LogP contribution is -2.11. The molecule has 6 heteroatoms. The van der Waals surface area contributed by atoms with Gasteiger partial charge in [-0.2, -0.15) is 9.97 Å². The first-order valence-corrected chi connectivity index (χ1v) is 5.13. The average Bonchev–Trinajstić information content (AvgIpc) is 2.31. The van der Waals surface area contributed by atoms with Crippen molar-refractivity contribution in [1.82, 2.24) is 9.97 Å². The molecule has 2 rings (SSSR count). The number of nitrogens with two attached hydrogens (primary N) is 2. The zero-order chi connectivity index (χ0) is 12.3. The minimum atomic E-state index is 0.163. The monoisotopic (exact) mass is 230 g/mol. The quantitative estimate of drug-likeness (QED) is 0.469. The molecule has 0 unspecified atom stereocenters. The zero-order valence-electron chi connectivity index (χ0n) is 9.44. The predicted molar refractivity (Wildman–Crippen MR) is 68.7 cm³/mol. The summed E-state index contributed by atoms with van der Waals surface area (Å²) in [6.45, 7) is 2.01. The Morgan fingerprint density at radius 2 is 1.82 bits per heavy atom. The number of nitrogens with one attached hydrogen (secondary N) is 2. The third-order valence-electron chi connectivity index (χ3n) is 2.30. The van der Waals surface area contributed by atoms with Crippen LogP contribution in [-0.2, 0) is 0 Å². The SMILES string of the molecule is Cc1ccccc1Nc1cc(NN)nc(N)n1. The summed E-state index contributed by atoms with van der Waals surface area (Å²) in [6.07, 6.45) is 0. The van der Waals surface area contributed by atoms with E-state index in [0.29, 0.717) is 11.6 Å². The molecule has 0 fully saturated rings. The van der Waals surface area contributed by atoms with Crippen LogP contribution in [0.3, 0.4) is 0 Å². The molecule has 17 heavy (non-hydrogen) atoms. The molecule has 0 aliphatic heterocycles. The standard InChI is InChI=1S/C11H14N6/c1-7-4-2-3-5-8(7)14-9-6-10(17-13)16-11(12)15-9/h2-6H,13H2,1H3,(H4,12,14,15,16,17). The van der Waals surface area contributed by atoms with Crippen LogP contribution in [0.15, 0.2) is 30.3 Å². The number of hydrogen-bond donors (Lipinski definition) is 4. The van der Waals surface area contributed by atoms with Crippen molar-refractivity contribution >= 4 is 23.3 Å². The summed E-state index contributed by atoms with van der Waals surface area (Å²) < 4.78 is 0. The fraction of sp³-hybridized carbons (Fsp3) is 0.0909. The summed E-state index contributed by atoms with van der Waals surface area (Å²) in [5.41, 5.74) is 10.1. The van der Waals surface area contributed by atoms with E-state index in [2.05, 4.69) is 20.7 Å². The minimum absolute atomic E-state index is 0.163. The van der Waals surface area contributed by atoms with Crippen LogP contribution in [0.2, 0.25) is 0 Å². The largest absolute Gasteiger partial charge is 0.368 e. The van der Waals surface area contributed by atoms with Crippen LogP contribution in [0.25, 0.3) is 0 Å². The minimum Gasteiger partial charge on any atom is -0.368 e. The molecule has 6 nitrogen and oxygen atoms in total. The van der Waals surface area contributed by atoms with E-state index in [-0.39, 0.29) is 5.95 Å². The molecular weight excluding hydrogens is 216 g/mol. The number of para-hydroxylation sites is 1. The normalized spacial score (nSPS) is 10.0. The van der Waals surface area contributed by atoms with E-state index in [0.717, 1.165) is 11.3 Å². The molecular formula is C11H14N6. The molecule has 0 saturated heterocycles. The Kier molecular flexibility index (Phi) is 3.06. The van der Waals surface area contributed by atoms with Crippen LogP contribution in [0.5, 0.6) is 0 Å². The topological polar surface area (TPSA) is 102 Å². The maximum absolute atomic E-state index is 5.57. The van der Waals surface area contributed by atoms with Crippen molar-refractivity contribution in [3.8, 4) is 0 Å². The lowest BCUT2D eigenvalue weighted by atomic mass is 10.2. The van der Waals surface area contributed by atoms with Crippen LogP contribution < -0.4 is 22.3 Å². The first kappa shape index (κ1) is 11.2. The number of benzene rings is 1. The molecule has 2 aromatic rings. The van der Waals surface area contributed by atoms with Crippen LogP contribution in [0, 0.1) is 6.92 Å². The summed E-state index contributed by atoms with van der Waals surface area (Å²) >= 11 is 0. The van der Waals surface area contributed by atoms with Crippen LogP contribution in [0.1, 0.15) is 5.56 Å². The lowest BCUT2D eigenvalue weighted by molar-refractivity contribution is 1.15. The molecule has 0 spiro atoms. The van der Waals surface area contributed by atoms with Gasteiger partial charge in [0.2, 0.25) is 5.95 Å². The Morgan fingerprint density at radius 3 is 2.53 bits per heavy atom. The highest BCUT2D eigenvalue weighted by atomic mass is 15.3. The third kappa shape index (κ3) is 2.61. The van der Waals surface area contributed by atoms with Gasteiger partial charge in [-0.3, -0.25) is 0 Å². The highest BCUT2D eigenvalue weighted by Crippen LogP contribution is 2.20. The van der Waals surface area contributed by atoms with E-state index in [1.165, 1.54) is 0 Å². The fourth-order valence-electron chi connectivity index (χ4n) is 1.45. The molecule has 88 valence electrons. The third-order valence-corrected chi connectivity index (χ3v) is 2.30. The van der Waals surface area contributed by atoms with E-state index in [1.54, 1.807) is 6.07 Å². The number of rotatable bonds is 3. The molecule has 1 aromatic carbocycles. The first-order valence-electron chi connectivity index (χ1n) is 5.13. The second-order valence-electron chi connectivity index (χ2n) is 3.58. The molecule has 6 N–H and O–H groups in total. The molecule has 0 amide bonds. The molecule has 0 radical (unpaired) electrons. The van der Waals surface area contributed by atoms with Crippen molar-refractivity contribution in [3.63, 3.8) is 0 Å². The van der Waals surface area contributed by atoms with Gasteiger partial charge in [-0.1, -0.05) is 18.2 Å². The Balaban J connectivity index is 2.30. The molecule has 1 aromatic heterocycles. The number of hydrazine groups is 1. The van der Waals surface area contributed by atoms with Gasteiger partial charge >= 0.3 is 0 Å². The maximum atomic E-state index is 5.57. The summed E-state index contributed by atoms with van der Waals surface area (Å²) in [7, 11) is 0. The highest BCUT2D eigenvalue weighted by Gasteiger charge is 2.03. The molecule has 0 aliphatic carbocycles. The molecule has 0 bridgehead atoms. The van der Waals surface area contributed by atoms with Crippen molar-refractivity contribution in [2.24, 2.45) is 5.84 Å². The lowest BCUT2D eigenvalue weighted by Gasteiger charge is -2.09. The smallest absolute Gasteiger partial charge is 0.223 e. The van der Waals surface area contributed by atoms with E-state index < -0.39 is 0 Å². The highest BCUT2D eigenvalue weighted by molar-refractivity contribution is 5.63. The molecule has 0 atom stereocenters. The van der Waals surface area contributed by atoms with E-state index in [4.69, 9.17) is 11.6 Å². The molecule has 1 heterocycles. The number of anilines is 4. The van der Waals surface area contributed by atoms with E-state index in [9.17, 15) is 0 Å². The van der Waals surface area contributed by atoms with Gasteiger partial charge in [0, 0.05) is 11.8 Å². The molecule has 0 aliphatic rings. The summed E-state index contributed by atoms with van der Waals surface area (Å²) in [5.74, 6) is 6.51. The Morgan fingerprint density at radius 1 is 1.12 bits per heavy atom. The second kappa shape index (κ2) is 4.67. The van der Waals surface area contributed by atoms with Crippen molar-refractivity contribution in [1.29, 1.82) is 0 Å². The van der Waals surface area contributed by atoms with Gasteiger partial charge in [-0.05, 0) is 18.6 Å². The maximum Gasteiger partial charge on any atom is 0.223 e. The van der Waals surface area contributed by atoms with Gasteiger partial charge in [0.05, 0.1) is 0 Å².